The first-order valence-corrected chi connectivity index (χ1v) is 11.9. The van der Waals surface area contributed by atoms with Crippen LogP contribution in [0.5, 0.6) is 0 Å². The lowest BCUT2D eigenvalue weighted by Gasteiger charge is -2.40. The van der Waals surface area contributed by atoms with Crippen LogP contribution in [0.2, 0.25) is 0 Å². The molecule has 0 radical (unpaired) electrons. The van der Waals surface area contributed by atoms with Gasteiger partial charge in [-0.15, -0.1) is 0 Å². The lowest BCUT2D eigenvalue weighted by Crippen LogP contribution is -2.49. The number of amides is 2. The van der Waals surface area contributed by atoms with Crippen molar-refractivity contribution in [1.82, 2.24) is 9.80 Å². The van der Waals surface area contributed by atoms with E-state index in [1.807, 2.05) is 23.1 Å². The number of carbonyl (C=O) groups is 3. The Bertz CT molecular complexity index is 1100. The summed E-state index contributed by atoms with van der Waals surface area (Å²) in [7, 11) is 1.73. The van der Waals surface area contributed by atoms with E-state index in [2.05, 4.69) is 0 Å². The highest BCUT2D eigenvalue weighted by molar-refractivity contribution is 6.06. The van der Waals surface area contributed by atoms with E-state index in [1.54, 1.807) is 24.9 Å². The zero-order valence-electron chi connectivity index (χ0n) is 19.6. The topological polar surface area (TPSA) is 57.7 Å². The summed E-state index contributed by atoms with van der Waals surface area (Å²) in [5.41, 5.74) is 1.82. The lowest BCUT2D eigenvalue weighted by molar-refractivity contribution is -0.137. The highest BCUT2D eigenvalue weighted by Gasteiger charge is 2.39. The van der Waals surface area contributed by atoms with Gasteiger partial charge in [-0.1, -0.05) is 37.3 Å². The molecule has 1 fully saturated rings. The first-order valence-electron chi connectivity index (χ1n) is 11.9. The number of likely N-dealkylation sites (N-methyl/N-ethyl adjacent to an activating group) is 1. The Hall–Kier alpha value is -3.09. The Labute approximate surface area is 198 Å². The standard InChI is InChI=1S/C27H30F2N2O3/c1-3-26(33)30(2)24(14-18-8-9-19(28)15-23(18)29)17-10-12-31(13-11-17)27(34)22-16-25(32)21-7-5-4-6-20(21)22/h4-9,15,17,22,24H,3,10-14,16H2,1-2H3/t22-,24-/m1/s1. The fourth-order valence-electron chi connectivity index (χ4n) is 5.37. The number of nitrogens with zero attached hydrogens (tertiary/aromatic N) is 2. The molecule has 4 rings (SSSR count). The third kappa shape index (κ3) is 4.74. The number of Topliss-reactive ketones (excluding diaryl/α,β-unsaturated/α-hetero) is 1. The fourth-order valence-corrected chi connectivity index (χ4v) is 5.37. The van der Waals surface area contributed by atoms with Crippen molar-refractivity contribution in [1.29, 1.82) is 0 Å². The van der Waals surface area contributed by atoms with Gasteiger partial charge in [0.1, 0.15) is 11.6 Å². The molecule has 1 saturated heterocycles. The second kappa shape index (κ2) is 10.0. The molecule has 2 aliphatic rings. The molecule has 34 heavy (non-hydrogen) atoms. The second-order valence-electron chi connectivity index (χ2n) is 9.30. The zero-order valence-corrected chi connectivity index (χ0v) is 19.6. The fraction of sp³-hybridized carbons (Fsp3) is 0.444. The number of fused-ring (bicyclic) bond motifs is 1. The molecule has 0 N–H and O–H groups in total. The SMILES string of the molecule is CCC(=O)N(C)[C@H](Cc1ccc(F)cc1F)C1CCN(C(=O)[C@@H]2CC(=O)c3ccccc32)CC1. The Kier molecular flexibility index (Phi) is 7.10. The molecule has 5 nitrogen and oxygen atoms in total. The molecule has 0 unspecified atom stereocenters. The van der Waals surface area contributed by atoms with Crippen LogP contribution in [-0.2, 0) is 16.0 Å². The van der Waals surface area contributed by atoms with E-state index in [0.29, 0.717) is 43.5 Å². The number of hydrogen-bond donors (Lipinski definition) is 0. The number of likely N-dealkylation sites (tertiary alicyclic amines) is 1. The Morgan fingerprint density at radius 1 is 1.12 bits per heavy atom. The first-order chi connectivity index (χ1) is 16.3. The third-order valence-corrected chi connectivity index (χ3v) is 7.36. The molecule has 2 amide bonds. The normalized spacial score (nSPS) is 19.1. The van der Waals surface area contributed by atoms with Crippen LogP contribution in [0.4, 0.5) is 8.78 Å². The number of hydrogen-bond acceptors (Lipinski definition) is 3. The van der Waals surface area contributed by atoms with Crippen LogP contribution in [0, 0.1) is 17.6 Å². The molecule has 1 aliphatic heterocycles. The summed E-state index contributed by atoms with van der Waals surface area (Å²) in [4.78, 5) is 41.6. The summed E-state index contributed by atoms with van der Waals surface area (Å²) < 4.78 is 27.8. The molecule has 7 heteroatoms. The third-order valence-electron chi connectivity index (χ3n) is 7.36. The van der Waals surface area contributed by atoms with Gasteiger partial charge in [0.05, 0.1) is 5.92 Å². The Balaban J connectivity index is 1.47. The average molecular weight is 469 g/mol. The summed E-state index contributed by atoms with van der Waals surface area (Å²) in [6.45, 7) is 2.83. The number of carbonyl (C=O) groups excluding carboxylic acids is 3. The molecule has 0 spiro atoms. The van der Waals surface area contributed by atoms with Crippen LogP contribution in [0.25, 0.3) is 0 Å². The van der Waals surface area contributed by atoms with Gasteiger partial charge in [-0.2, -0.15) is 0 Å². The van der Waals surface area contributed by atoms with Crippen LogP contribution in [0.15, 0.2) is 42.5 Å². The summed E-state index contributed by atoms with van der Waals surface area (Å²) in [5, 5.41) is 0. The molecule has 2 aromatic carbocycles. The maximum Gasteiger partial charge on any atom is 0.230 e. The van der Waals surface area contributed by atoms with E-state index < -0.39 is 17.6 Å². The van der Waals surface area contributed by atoms with Gasteiger partial charge in [0, 0.05) is 50.7 Å². The monoisotopic (exact) mass is 468 g/mol. The van der Waals surface area contributed by atoms with Crippen LogP contribution >= 0.6 is 0 Å². The lowest BCUT2D eigenvalue weighted by atomic mass is 9.84. The molecule has 1 heterocycles. The zero-order chi connectivity index (χ0) is 24.4. The second-order valence-corrected chi connectivity index (χ2v) is 9.30. The van der Waals surface area contributed by atoms with Gasteiger partial charge in [0.15, 0.2) is 5.78 Å². The van der Waals surface area contributed by atoms with E-state index in [1.165, 1.54) is 12.1 Å². The van der Waals surface area contributed by atoms with E-state index in [9.17, 15) is 23.2 Å². The number of rotatable bonds is 6. The van der Waals surface area contributed by atoms with Crippen LogP contribution in [-0.4, -0.2) is 53.6 Å². The predicted molar refractivity (Wildman–Crippen MR) is 124 cm³/mol. The van der Waals surface area contributed by atoms with Gasteiger partial charge in [0.2, 0.25) is 11.8 Å². The molecule has 180 valence electrons. The van der Waals surface area contributed by atoms with Crippen molar-refractivity contribution in [3.63, 3.8) is 0 Å². The summed E-state index contributed by atoms with van der Waals surface area (Å²) in [5.74, 6) is -1.66. The van der Waals surface area contributed by atoms with Gasteiger partial charge in [-0.05, 0) is 42.4 Å². The molecule has 2 atom stereocenters. The van der Waals surface area contributed by atoms with E-state index in [0.717, 1.165) is 11.6 Å². The van der Waals surface area contributed by atoms with Gasteiger partial charge in [-0.3, -0.25) is 14.4 Å². The molecule has 1 aliphatic carbocycles. The minimum atomic E-state index is -0.630. The highest BCUT2D eigenvalue weighted by atomic mass is 19.1. The van der Waals surface area contributed by atoms with Crippen molar-refractivity contribution < 1.29 is 23.2 Å². The largest absolute Gasteiger partial charge is 0.342 e. The summed E-state index contributed by atoms with van der Waals surface area (Å²) in [6.07, 6.45) is 2.17. The van der Waals surface area contributed by atoms with Gasteiger partial charge in [0.25, 0.3) is 0 Å². The number of benzene rings is 2. The van der Waals surface area contributed by atoms with Crippen LogP contribution < -0.4 is 0 Å². The van der Waals surface area contributed by atoms with Crippen LogP contribution in [0.1, 0.15) is 60.0 Å². The van der Waals surface area contributed by atoms with Gasteiger partial charge >= 0.3 is 0 Å². The number of halogens is 2. The molecular weight excluding hydrogens is 438 g/mol. The molecule has 0 saturated carbocycles. The van der Waals surface area contributed by atoms with Gasteiger partial charge < -0.3 is 9.80 Å². The van der Waals surface area contributed by atoms with Crippen molar-refractivity contribution in [3.8, 4) is 0 Å². The summed E-state index contributed by atoms with van der Waals surface area (Å²) in [6, 6.07) is 10.6. The smallest absolute Gasteiger partial charge is 0.230 e. The molecule has 0 aromatic heterocycles. The van der Waals surface area contributed by atoms with E-state index in [-0.39, 0.29) is 42.4 Å². The Morgan fingerprint density at radius 2 is 1.82 bits per heavy atom. The number of ketones is 1. The van der Waals surface area contributed by atoms with Crippen LogP contribution in [0.3, 0.4) is 0 Å². The van der Waals surface area contributed by atoms with Crippen molar-refractivity contribution in [2.75, 3.05) is 20.1 Å². The summed E-state index contributed by atoms with van der Waals surface area (Å²) >= 11 is 0. The van der Waals surface area contributed by atoms with Crippen molar-refractivity contribution in [2.45, 2.75) is 51.0 Å². The highest BCUT2D eigenvalue weighted by Crippen LogP contribution is 2.36. The predicted octanol–water partition coefficient (Wildman–Crippen LogP) is 4.35. The van der Waals surface area contributed by atoms with Crippen molar-refractivity contribution >= 4 is 17.6 Å². The van der Waals surface area contributed by atoms with Crippen molar-refractivity contribution in [3.05, 3.63) is 70.8 Å². The Morgan fingerprint density at radius 3 is 2.50 bits per heavy atom. The van der Waals surface area contributed by atoms with Gasteiger partial charge in [-0.25, -0.2) is 8.78 Å². The minimum Gasteiger partial charge on any atom is -0.342 e. The maximum absolute atomic E-state index is 14.4. The maximum atomic E-state index is 14.4. The first kappa shape index (κ1) is 24.0. The van der Waals surface area contributed by atoms with Crippen molar-refractivity contribution in [2.24, 2.45) is 5.92 Å². The van der Waals surface area contributed by atoms with E-state index in [4.69, 9.17) is 0 Å². The molecular formula is C27H30F2N2O3. The quantitative estimate of drug-likeness (QED) is 0.633. The molecule has 0 bridgehead atoms. The molecule has 2 aromatic rings. The number of piperidine rings is 1. The minimum absolute atomic E-state index is 0.00456. The van der Waals surface area contributed by atoms with E-state index >= 15 is 0 Å². The average Bonchev–Trinajstić information content (AvgIpc) is 3.19.